The Kier molecular flexibility index (Phi) is 16.6. The van der Waals surface area contributed by atoms with E-state index in [9.17, 15) is 33.6 Å². The number of hydrogen-bond acceptors (Lipinski definition) is 11. The van der Waals surface area contributed by atoms with Gasteiger partial charge in [0.05, 0.1) is 41.0 Å². The number of primary amides is 1. The number of cyclic esters (lactones) is 1. The first-order valence-corrected chi connectivity index (χ1v) is 24.1. The van der Waals surface area contributed by atoms with Crippen LogP contribution in [-0.4, -0.2) is 70.5 Å². The van der Waals surface area contributed by atoms with Crippen molar-refractivity contribution in [1.82, 2.24) is 30.8 Å². The van der Waals surface area contributed by atoms with E-state index in [4.69, 9.17) is 25.7 Å². The molecule has 7 rings (SSSR count). The number of nitrogens with two attached hydrogens (primary N) is 1. The zero-order chi connectivity index (χ0) is 50.9. The first-order chi connectivity index (χ1) is 34.1. The molecule has 0 unspecified atom stereocenters. The summed E-state index contributed by atoms with van der Waals surface area (Å²) in [5, 5.41) is 18.1. The second-order valence-corrected chi connectivity index (χ2v) is 18.5. The molecule has 0 bridgehead atoms. The highest BCUT2D eigenvalue weighted by atomic mass is 19.1. The van der Waals surface area contributed by atoms with Crippen LogP contribution in [0.5, 0.6) is 0 Å². The number of benzene rings is 2. The summed E-state index contributed by atoms with van der Waals surface area (Å²) < 4.78 is 28.1. The maximum absolute atomic E-state index is 15.4. The van der Waals surface area contributed by atoms with E-state index >= 15 is 4.39 Å². The minimum absolute atomic E-state index is 0.127. The minimum atomic E-state index is -1.05. The maximum Gasteiger partial charge on any atom is 0.407 e. The van der Waals surface area contributed by atoms with Crippen LogP contribution in [0.2, 0.25) is 0 Å². The second-order valence-electron chi connectivity index (χ2n) is 18.5. The highest BCUT2D eigenvalue weighted by molar-refractivity contribution is 5.98. The molecule has 6 amide bonds. The molecule has 3 aliphatic rings. The van der Waals surface area contributed by atoms with Crippen molar-refractivity contribution in [2.75, 3.05) is 18.4 Å². The number of fused-ring (bicyclic) bond motifs is 5. The smallest absolute Gasteiger partial charge is 0.407 e. The van der Waals surface area contributed by atoms with Crippen molar-refractivity contribution in [3.63, 3.8) is 0 Å². The van der Waals surface area contributed by atoms with Crippen molar-refractivity contribution in [2.45, 2.75) is 136 Å². The molecule has 0 fully saturated rings. The molecule has 7 N–H and O–H groups in total. The van der Waals surface area contributed by atoms with Gasteiger partial charge >= 0.3 is 18.1 Å². The first kappa shape index (κ1) is 51.3. The van der Waals surface area contributed by atoms with Crippen molar-refractivity contribution >= 4 is 52.4 Å². The van der Waals surface area contributed by atoms with Gasteiger partial charge in [0.25, 0.3) is 5.56 Å². The molecule has 376 valence electrons. The van der Waals surface area contributed by atoms with Crippen molar-refractivity contribution in [3.05, 3.63) is 102 Å². The van der Waals surface area contributed by atoms with Gasteiger partial charge in [0, 0.05) is 47.1 Å². The van der Waals surface area contributed by atoms with E-state index in [1.54, 1.807) is 49.6 Å². The van der Waals surface area contributed by atoms with E-state index < -0.39 is 59.8 Å². The molecule has 71 heavy (non-hydrogen) atoms. The van der Waals surface area contributed by atoms with Crippen LogP contribution in [0.3, 0.4) is 0 Å². The zero-order valence-electron chi connectivity index (χ0n) is 40.3. The highest BCUT2D eigenvalue weighted by Crippen LogP contribution is 2.45. The Hall–Kier alpha value is -7.54. The number of aryl methyl sites for hydroxylation is 1. The maximum atomic E-state index is 15.4. The normalized spacial score (nSPS) is 16.1. The van der Waals surface area contributed by atoms with Crippen LogP contribution >= 0.6 is 0 Å². The average Bonchev–Trinajstić information content (AvgIpc) is 3.71. The average molecular weight is 978 g/mol. The summed E-state index contributed by atoms with van der Waals surface area (Å²) in [5.41, 5.74) is 19.5. The molecule has 2 aliphatic heterocycles. The fraction of sp³-hybridized carbons (Fsp3) is 0.480. The molecule has 4 aromatic rings. The van der Waals surface area contributed by atoms with Crippen molar-refractivity contribution < 1.29 is 42.6 Å². The lowest BCUT2D eigenvalue weighted by molar-refractivity contribution is -0.148. The van der Waals surface area contributed by atoms with Gasteiger partial charge in [-0.05, 0) is 109 Å². The number of azide groups is 1. The van der Waals surface area contributed by atoms with Gasteiger partial charge in [-0.25, -0.2) is 19.0 Å². The molecule has 21 heteroatoms. The largest absolute Gasteiger partial charge is 0.460 e. The lowest BCUT2D eigenvalue weighted by Gasteiger charge is -2.29. The molecule has 0 radical (unpaired) electrons. The fourth-order valence-corrected chi connectivity index (χ4v) is 9.66. The standard InChI is InChI=1S/C50H60FN11O9/c1-5-30-32-21-39-44-33(23-62(39)47(66)34(32)25-70-48(30)67)42-36(18-17-31-27(4)35(51)22-38(57-44)41(31)42)59-50(69)71-24-28-13-15-29(16-14-28)56-45(64)37(11-10-19-54-49(52)68)58-46(65)43(26(2)3)60-40(63)12-8-6-7-9-20-55-61-53/h13-16,21-22,26,30,36-37,43H,5-12,17-20,23-25H2,1-4H3,(H,56,64)(H,58,65)(H,59,69)(H,60,63)(H3,52,54,68)/t30-,36+,37+,43+/m1/s1. The van der Waals surface area contributed by atoms with E-state index in [-0.39, 0.29) is 56.5 Å². The summed E-state index contributed by atoms with van der Waals surface area (Å²) >= 11 is 0. The van der Waals surface area contributed by atoms with E-state index in [1.165, 1.54) is 6.07 Å². The van der Waals surface area contributed by atoms with Gasteiger partial charge in [-0.3, -0.25) is 24.0 Å². The second kappa shape index (κ2) is 22.9. The molecule has 0 saturated carbocycles. The molecule has 1 aliphatic carbocycles. The Labute approximate surface area is 409 Å². The third kappa shape index (κ3) is 11.7. The molecule has 0 saturated heterocycles. The van der Waals surface area contributed by atoms with E-state index in [1.807, 2.05) is 13.0 Å². The Morgan fingerprint density at radius 2 is 1.77 bits per heavy atom. The summed E-state index contributed by atoms with van der Waals surface area (Å²) in [7, 11) is 0. The number of pyridine rings is 2. The van der Waals surface area contributed by atoms with Crippen LogP contribution in [0.15, 0.2) is 46.3 Å². The number of esters is 1. The predicted molar refractivity (Wildman–Crippen MR) is 260 cm³/mol. The summed E-state index contributed by atoms with van der Waals surface area (Å²) in [6.45, 7) is 7.58. The molecular weight excluding hydrogens is 918 g/mol. The predicted octanol–water partition coefficient (Wildman–Crippen LogP) is 6.61. The highest BCUT2D eigenvalue weighted by Gasteiger charge is 2.38. The summed E-state index contributed by atoms with van der Waals surface area (Å²) in [6.07, 6.45) is 4.10. The van der Waals surface area contributed by atoms with Crippen molar-refractivity contribution in [3.8, 4) is 11.4 Å². The number of aromatic nitrogens is 2. The number of rotatable bonds is 21. The Bertz CT molecular complexity index is 2840. The van der Waals surface area contributed by atoms with Gasteiger partial charge in [-0.1, -0.05) is 50.9 Å². The Balaban J connectivity index is 1.00. The van der Waals surface area contributed by atoms with Crippen LogP contribution in [0.4, 0.5) is 19.7 Å². The van der Waals surface area contributed by atoms with Gasteiger partial charge in [0.15, 0.2) is 0 Å². The van der Waals surface area contributed by atoms with Gasteiger partial charge in [-0.15, -0.1) is 0 Å². The number of urea groups is 1. The number of halogens is 1. The number of hydrogen-bond donors (Lipinski definition) is 6. The van der Waals surface area contributed by atoms with Crippen LogP contribution in [0.25, 0.3) is 32.7 Å². The number of alkyl carbamates (subject to hydrolysis) is 1. The summed E-state index contributed by atoms with van der Waals surface area (Å²) in [6, 6.07) is 6.50. The van der Waals surface area contributed by atoms with Crippen LogP contribution in [0.1, 0.15) is 129 Å². The monoisotopic (exact) mass is 977 g/mol. The molecule has 2 aromatic carbocycles. The molecule has 4 atom stereocenters. The SMILES string of the molecule is CC[C@H]1C(=O)OCc2c1cc1n(c2=O)Cc2c-1nc1cc(F)c(C)c3c1c2[C@@H](NC(=O)OCc1ccc(NC(=O)[C@H](CCCNC(N)=O)NC(=O)[C@@H](NC(=O)CCCCCCN=[N+]=[N-])C(C)C)cc1)CC3. The molecular formula is C50H60FN11O9. The van der Waals surface area contributed by atoms with Crippen molar-refractivity contribution in [2.24, 2.45) is 16.8 Å². The third-order valence-electron chi connectivity index (χ3n) is 13.4. The Morgan fingerprint density at radius 3 is 2.49 bits per heavy atom. The molecule has 0 spiro atoms. The molecule has 4 heterocycles. The van der Waals surface area contributed by atoms with Gasteiger partial charge in [-0.2, -0.15) is 0 Å². The lowest BCUT2D eigenvalue weighted by Crippen LogP contribution is -2.54. The summed E-state index contributed by atoms with van der Waals surface area (Å²) in [5.74, 6) is -3.11. The van der Waals surface area contributed by atoms with Gasteiger partial charge in [0.2, 0.25) is 17.7 Å². The number of carbonyl (C=O) groups excluding carboxylic acids is 6. The number of unbranched alkanes of at least 4 members (excludes halogenated alkanes) is 3. The number of nitrogens with one attached hydrogen (secondary N) is 5. The third-order valence-corrected chi connectivity index (χ3v) is 13.4. The number of nitrogens with zero attached hydrogens (tertiary/aromatic N) is 5. The van der Waals surface area contributed by atoms with E-state index in [2.05, 4.69) is 36.6 Å². The van der Waals surface area contributed by atoms with Gasteiger partial charge in [0.1, 0.15) is 31.1 Å². The fourth-order valence-electron chi connectivity index (χ4n) is 9.66. The Morgan fingerprint density at radius 1 is 1.01 bits per heavy atom. The van der Waals surface area contributed by atoms with Crippen molar-refractivity contribution in [1.29, 1.82) is 0 Å². The molecule has 20 nitrogen and oxygen atoms in total. The first-order valence-electron chi connectivity index (χ1n) is 24.1. The lowest BCUT2D eigenvalue weighted by atomic mass is 9.81. The zero-order valence-corrected chi connectivity index (χ0v) is 40.3. The van der Waals surface area contributed by atoms with Crippen LogP contribution in [0, 0.1) is 18.7 Å². The topological polar surface area (TPSA) is 291 Å². The van der Waals surface area contributed by atoms with Crippen LogP contribution in [-0.2, 0) is 54.8 Å². The quantitative estimate of drug-likeness (QED) is 0.0150. The van der Waals surface area contributed by atoms with E-state index in [0.717, 1.165) is 34.9 Å². The summed E-state index contributed by atoms with van der Waals surface area (Å²) in [4.78, 5) is 99.3. The van der Waals surface area contributed by atoms with Crippen LogP contribution < -0.4 is 37.9 Å². The molecule has 2 aromatic heterocycles. The number of anilines is 1. The number of ether oxygens (including phenoxy) is 2. The minimum Gasteiger partial charge on any atom is -0.460 e. The number of carbonyl (C=O) groups is 6. The number of amides is 6. The van der Waals surface area contributed by atoms with Gasteiger partial charge < -0.3 is 46.4 Å². The van der Waals surface area contributed by atoms with E-state index in [0.29, 0.717) is 89.9 Å².